The molecule has 2 aromatic heterocycles. The number of fused-ring (bicyclic) bond motifs is 1. The van der Waals surface area contributed by atoms with Crippen molar-refractivity contribution in [3.8, 4) is 11.5 Å². The van der Waals surface area contributed by atoms with Gasteiger partial charge in [-0.2, -0.15) is 4.98 Å². The lowest BCUT2D eigenvalue weighted by atomic mass is 10.1. The zero-order valence-electron chi connectivity index (χ0n) is 13.3. The summed E-state index contributed by atoms with van der Waals surface area (Å²) < 4.78 is 12.1. The van der Waals surface area contributed by atoms with E-state index in [0.717, 1.165) is 16.7 Å². The van der Waals surface area contributed by atoms with Gasteiger partial charge in [0.05, 0.1) is 12.1 Å². The summed E-state index contributed by atoms with van der Waals surface area (Å²) in [6.07, 6.45) is 0. The first-order valence-corrected chi connectivity index (χ1v) is 7.60. The molecule has 4 aromatic rings. The number of rotatable bonds is 3. The van der Waals surface area contributed by atoms with Crippen molar-refractivity contribution in [2.24, 2.45) is 0 Å². The van der Waals surface area contributed by atoms with E-state index >= 15 is 0 Å². The third-order valence-electron chi connectivity index (χ3n) is 3.81. The molecule has 6 heteroatoms. The van der Waals surface area contributed by atoms with E-state index in [0.29, 0.717) is 22.8 Å². The second-order valence-corrected chi connectivity index (χ2v) is 5.81. The molecule has 0 unspecified atom stereocenters. The Hall–Kier alpha value is -3.15. The predicted octanol–water partition coefficient (Wildman–Crippen LogP) is 3.31. The van der Waals surface area contributed by atoms with Crippen molar-refractivity contribution >= 4 is 11.1 Å². The van der Waals surface area contributed by atoms with Gasteiger partial charge in [-0.1, -0.05) is 34.5 Å². The molecule has 0 amide bonds. The fraction of sp³-hybridized carbons (Fsp3) is 0.167. The Bertz CT molecular complexity index is 1070. The molecule has 0 N–H and O–H groups in total. The zero-order chi connectivity index (χ0) is 16.7. The summed E-state index contributed by atoms with van der Waals surface area (Å²) in [5.74, 6) is 0.435. The second kappa shape index (κ2) is 5.49. The Morgan fingerprint density at radius 2 is 1.83 bits per heavy atom. The number of hydrogen-bond donors (Lipinski definition) is 0. The monoisotopic (exact) mass is 321 g/mol. The van der Waals surface area contributed by atoms with Crippen molar-refractivity contribution in [3.05, 3.63) is 70.0 Å². The van der Waals surface area contributed by atoms with Crippen molar-refractivity contribution < 1.29 is 8.94 Å². The predicted molar refractivity (Wildman–Crippen MR) is 88.8 cm³/mol. The number of para-hydroxylation sites is 2. The zero-order valence-corrected chi connectivity index (χ0v) is 13.3. The van der Waals surface area contributed by atoms with Crippen LogP contribution < -0.4 is 5.76 Å². The third kappa shape index (κ3) is 2.52. The Balaban J connectivity index is 1.70. The standard InChI is InChI=1S/C18H15N3O3/c1-11-7-12(2)9-13(8-11)17-19-16(20-24-17)10-21-14-5-3-4-6-15(14)23-18(21)22/h3-9H,10H2,1-2H3. The van der Waals surface area contributed by atoms with E-state index in [1.54, 1.807) is 6.07 Å². The molecular weight excluding hydrogens is 306 g/mol. The molecule has 0 saturated heterocycles. The van der Waals surface area contributed by atoms with Crippen molar-refractivity contribution in [3.63, 3.8) is 0 Å². The molecule has 0 aliphatic carbocycles. The lowest BCUT2D eigenvalue weighted by Gasteiger charge is -1.99. The van der Waals surface area contributed by atoms with E-state index in [2.05, 4.69) is 16.2 Å². The van der Waals surface area contributed by atoms with Crippen molar-refractivity contribution in [2.45, 2.75) is 20.4 Å². The Labute approximate surface area is 137 Å². The average molecular weight is 321 g/mol. The second-order valence-electron chi connectivity index (χ2n) is 5.81. The lowest BCUT2D eigenvalue weighted by molar-refractivity contribution is 0.418. The van der Waals surface area contributed by atoms with Gasteiger partial charge in [0.15, 0.2) is 11.4 Å². The fourth-order valence-corrected chi connectivity index (χ4v) is 2.84. The number of nitrogens with zero attached hydrogens (tertiary/aromatic N) is 3. The summed E-state index contributed by atoms with van der Waals surface area (Å²) in [6.45, 7) is 4.24. The van der Waals surface area contributed by atoms with Crippen LogP contribution in [0.2, 0.25) is 0 Å². The van der Waals surface area contributed by atoms with E-state index in [9.17, 15) is 4.79 Å². The molecule has 0 spiro atoms. The van der Waals surface area contributed by atoms with Gasteiger partial charge in [-0.3, -0.25) is 4.57 Å². The fourth-order valence-electron chi connectivity index (χ4n) is 2.84. The molecule has 2 aromatic carbocycles. The first-order valence-electron chi connectivity index (χ1n) is 7.60. The molecule has 0 fully saturated rings. The summed E-state index contributed by atoms with van der Waals surface area (Å²) in [7, 11) is 0. The minimum Gasteiger partial charge on any atom is -0.408 e. The van der Waals surface area contributed by atoms with Gasteiger partial charge in [-0.05, 0) is 38.1 Å². The number of oxazole rings is 1. The van der Waals surface area contributed by atoms with Gasteiger partial charge >= 0.3 is 5.76 Å². The molecule has 6 nitrogen and oxygen atoms in total. The molecule has 0 radical (unpaired) electrons. The minimum absolute atomic E-state index is 0.199. The van der Waals surface area contributed by atoms with Gasteiger partial charge in [0, 0.05) is 5.56 Å². The largest absolute Gasteiger partial charge is 0.420 e. The highest BCUT2D eigenvalue weighted by atomic mass is 16.5. The number of aryl methyl sites for hydroxylation is 2. The molecule has 4 rings (SSSR count). The maximum Gasteiger partial charge on any atom is 0.420 e. The van der Waals surface area contributed by atoms with Gasteiger partial charge in [0.1, 0.15) is 0 Å². The Kier molecular flexibility index (Phi) is 3.30. The Morgan fingerprint density at radius 1 is 1.08 bits per heavy atom. The summed E-state index contributed by atoms with van der Waals surface area (Å²) in [4.78, 5) is 16.4. The van der Waals surface area contributed by atoms with Crippen LogP contribution in [0.5, 0.6) is 0 Å². The van der Waals surface area contributed by atoms with Crippen LogP contribution in [0.15, 0.2) is 56.2 Å². The molecule has 24 heavy (non-hydrogen) atoms. The van der Waals surface area contributed by atoms with Gasteiger partial charge in [-0.15, -0.1) is 0 Å². The van der Waals surface area contributed by atoms with E-state index in [4.69, 9.17) is 8.94 Å². The van der Waals surface area contributed by atoms with E-state index in [1.165, 1.54) is 4.57 Å². The van der Waals surface area contributed by atoms with E-state index in [1.807, 2.05) is 44.2 Å². The summed E-state index contributed by atoms with van der Waals surface area (Å²) in [5, 5.41) is 3.99. The molecule has 2 heterocycles. The highest BCUT2D eigenvalue weighted by Crippen LogP contribution is 2.21. The van der Waals surface area contributed by atoms with Crippen LogP contribution in [-0.2, 0) is 6.54 Å². The van der Waals surface area contributed by atoms with E-state index < -0.39 is 5.76 Å². The van der Waals surface area contributed by atoms with Crippen LogP contribution >= 0.6 is 0 Å². The van der Waals surface area contributed by atoms with Crippen LogP contribution in [0.25, 0.3) is 22.6 Å². The average Bonchev–Trinajstić information content (AvgIpc) is 3.12. The van der Waals surface area contributed by atoms with Gasteiger partial charge < -0.3 is 8.94 Å². The van der Waals surface area contributed by atoms with Crippen LogP contribution in [-0.4, -0.2) is 14.7 Å². The molecule has 0 aliphatic rings. The molecule has 120 valence electrons. The van der Waals surface area contributed by atoms with Crippen LogP contribution in [0.3, 0.4) is 0 Å². The highest BCUT2D eigenvalue weighted by molar-refractivity contribution is 5.72. The van der Waals surface area contributed by atoms with Crippen molar-refractivity contribution in [1.29, 1.82) is 0 Å². The van der Waals surface area contributed by atoms with Crippen LogP contribution in [0.1, 0.15) is 17.0 Å². The first kappa shape index (κ1) is 14.4. The molecule has 0 atom stereocenters. The summed E-state index contributed by atoms with van der Waals surface area (Å²) >= 11 is 0. The molecular formula is C18H15N3O3. The normalized spacial score (nSPS) is 11.2. The smallest absolute Gasteiger partial charge is 0.408 e. The Morgan fingerprint density at radius 3 is 2.62 bits per heavy atom. The molecule has 0 saturated carbocycles. The van der Waals surface area contributed by atoms with Crippen LogP contribution in [0, 0.1) is 13.8 Å². The topological polar surface area (TPSA) is 74.1 Å². The van der Waals surface area contributed by atoms with Gasteiger partial charge in [0.2, 0.25) is 0 Å². The van der Waals surface area contributed by atoms with Crippen LogP contribution in [0.4, 0.5) is 0 Å². The van der Waals surface area contributed by atoms with Gasteiger partial charge in [0.25, 0.3) is 5.89 Å². The maximum absolute atomic E-state index is 12.0. The summed E-state index contributed by atoms with van der Waals surface area (Å²) in [6, 6.07) is 13.3. The molecule has 0 aliphatic heterocycles. The molecule has 0 bridgehead atoms. The quantitative estimate of drug-likeness (QED) is 0.579. The summed E-state index contributed by atoms with van der Waals surface area (Å²) in [5.41, 5.74) is 4.38. The van der Waals surface area contributed by atoms with Crippen molar-refractivity contribution in [2.75, 3.05) is 0 Å². The number of aromatic nitrogens is 3. The highest BCUT2D eigenvalue weighted by Gasteiger charge is 2.14. The number of hydrogen-bond acceptors (Lipinski definition) is 5. The number of benzene rings is 2. The maximum atomic E-state index is 12.0. The third-order valence-corrected chi connectivity index (χ3v) is 3.81. The van der Waals surface area contributed by atoms with Gasteiger partial charge in [-0.25, -0.2) is 4.79 Å². The van der Waals surface area contributed by atoms with Crippen molar-refractivity contribution in [1.82, 2.24) is 14.7 Å². The lowest BCUT2D eigenvalue weighted by Crippen LogP contribution is -2.15. The van der Waals surface area contributed by atoms with E-state index in [-0.39, 0.29) is 6.54 Å². The SMILES string of the molecule is Cc1cc(C)cc(-c2nc(Cn3c(=O)oc4ccccc43)no2)c1. The minimum atomic E-state index is -0.436. The first-order chi connectivity index (χ1) is 11.6.